The SMILES string of the molecule is O=C(c1ccccc1SC(F)F)N1CCCC1CO. The van der Waals surface area contributed by atoms with Gasteiger partial charge in [-0.25, -0.2) is 0 Å². The maximum atomic E-state index is 12.5. The van der Waals surface area contributed by atoms with Gasteiger partial charge >= 0.3 is 0 Å². The monoisotopic (exact) mass is 287 g/mol. The smallest absolute Gasteiger partial charge is 0.288 e. The molecule has 1 fully saturated rings. The van der Waals surface area contributed by atoms with E-state index in [0.29, 0.717) is 18.3 Å². The first-order valence-electron chi connectivity index (χ1n) is 6.09. The van der Waals surface area contributed by atoms with E-state index >= 15 is 0 Å². The van der Waals surface area contributed by atoms with Gasteiger partial charge in [-0.05, 0) is 25.0 Å². The molecule has 1 heterocycles. The maximum Gasteiger partial charge on any atom is 0.288 e. The molecule has 0 spiro atoms. The van der Waals surface area contributed by atoms with Crippen LogP contribution in [0, 0.1) is 0 Å². The van der Waals surface area contributed by atoms with Crippen LogP contribution in [-0.2, 0) is 0 Å². The van der Waals surface area contributed by atoms with Crippen molar-refractivity contribution in [3.8, 4) is 0 Å². The average Bonchev–Trinajstić information content (AvgIpc) is 2.86. The molecule has 3 nitrogen and oxygen atoms in total. The Balaban J connectivity index is 2.23. The molecule has 0 radical (unpaired) electrons. The van der Waals surface area contributed by atoms with Crippen LogP contribution in [0.3, 0.4) is 0 Å². The number of carbonyl (C=O) groups is 1. The van der Waals surface area contributed by atoms with Crippen LogP contribution in [0.1, 0.15) is 23.2 Å². The van der Waals surface area contributed by atoms with Crippen LogP contribution in [0.5, 0.6) is 0 Å². The van der Waals surface area contributed by atoms with E-state index in [0.717, 1.165) is 12.8 Å². The van der Waals surface area contributed by atoms with Gasteiger partial charge in [-0.1, -0.05) is 23.9 Å². The molecule has 1 atom stereocenters. The van der Waals surface area contributed by atoms with E-state index in [1.54, 1.807) is 23.1 Å². The molecule has 0 aromatic heterocycles. The Labute approximate surface area is 114 Å². The predicted molar refractivity (Wildman–Crippen MR) is 69.4 cm³/mol. The van der Waals surface area contributed by atoms with Crippen molar-refractivity contribution in [2.75, 3.05) is 13.2 Å². The van der Waals surface area contributed by atoms with Crippen LogP contribution in [-0.4, -0.2) is 40.9 Å². The van der Waals surface area contributed by atoms with Gasteiger partial charge in [0.15, 0.2) is 0 Å². The zero-order valence-corrected chi connectivity index (χ0v) is 11.1. The van der Waals surface area contributed by atoms with Gasteiger partial charge in [-0.15, -0.1) is 0 Å². The number of halogens is 2. The zero-order chi connectivity index (χ0) is 13.8. The summed E-state index contributed by atoms with van der Waals surface area (Å²) in [5, 5.41) is 9.23. The minimum Gasteiger partial charge on any atom is -0.394 e. The van der Waals surface area contributed by atoms with Crippen molar-refractivity contribution in [2.45, 2.75) is 29.5 Å². The average molecular weight is 287 g/mol. The summed E-state index contributed by atoms with van der Waals surface area (Å²) in [4.78, 5) is 14.2. The third-order valence-electron chi connectivity index (χ3n) is 3.18. The van der Waals surface area contributed by atoms with E-state index < -0.39 is 5.76 Å². The van der Waals surface area contributed by atoms with Crippen molar-refractivity contribution >= 4 is 17.7 Å². The first-order valence-corrected chi connectivity index (χ1v) is 6.97. The highest BCUT2D eigenvalue weighted by Gasteiger charge is 2.30. The van der Waals surface area contributed by atoms with E-state index in [1.807, 2.05) is 0 Å². The Bertz CT molecular complexity index is 456. The van der Waals surface area contributed by atoms with Gasteiger partial charge in [0, 0.05) is 11.4 Å². The fraction of sp³-hybridized carbons (Fsp3) is 0.462. The maximum absolute atomic E-state index is 12.5. The molecule has 1 saturated heterocycles. The molecule has 1 aliphatic rings. The molecule has 6 heteroatoms. The number of nitrogens with zero attached hydrogens (tertiary/aromatic N) is 1. The van der Waals surface area contributed by atoms with Crippen molar-refractivity contribution in [3.63, 3.8) is 0 Å². The highest BCUT2D eigenvalue weighted by atomic mass is 32.2. The second-order valence-corrected chi connectivity index (χ2v) is 5.38. The standard InChI is InChI=1S/C13H15F2NO2S/c14-13(15)19-11-6-2-1-5-10(11)12(18)16-7-3-4-9(16)8-17/h1-2,5-6,9,13,17H,3-4,7-8H2. The lowest BCUT2D eigenvalue weighted by molar-refractivity contribution is 0.0674. The van der Waals surface area contributed by atoms with Crippen molar-refractivity contribution in [3.05, 3.63) is 29.8 Å². The number of likely N-dealkylation sites (tertiary alicyclic amines) is 1. The van der Waals surface area contributed by atoms with Gasteiger partial charge in [0.05, 0.1) is 18.2 Å². The summed E-state index contributed by atoms with van der Waals surface area (Å²) >= 11 is 0.378. The first kappa shape index (κ1) is 14.3. The highest BCUT2D eigenvalue weighted by molar-refractivity contribution is 7.99. The molecule has 1 N–H and O–H groups in total. The minimum atomic E-state index is -2.55. The topological polar surface area (TPSA) is 40.5 Å². The van der Waals surface area contributed by atoms with E-state index in [2.05, 4.69) is 0 Å². The van der Waals surface area contributed by atoms with Crippen LogP contribution < -0.4 is 0 Å². The number of aliphatic hydroxyl groups is 1. The van der Waals surface area contributed by atoms with Crippen molar-refractivity contribution in [1.82, 2.24) is 4.90 Å². The van der Waals surface area contributed by atoms with Crippen LogP contribution in [0.25, 0.3) is 0 Å². The predicted octanol–water partition coefficient (Wildman–Crippen LogP) is 2.60. The molecule has 2 rings (SSSR count). The molecular formula is C13H15F2NO2S. The van der Waals surface area contributed by atoms with Crippen LogP contribution in [0.15, 0.2) is 29.2 Å². The Hall–Kier alpha value is -1.14. The molecule has 19 heavy (non-hydrogen) atoms. The third-order valence-corrected chi connectivity index (χ3v) is 3.97. The Morgan fingerprint density at radius 3 is 2.89 bits per heavy atom. The van der Waals surface area contributed by atoms with E-state index in [1.165, 1.54) is 6.07 Å². The van der Waals surface area contributed by atoms with Gasteiger partial charge in [0.1, 0.15) is 0 Å². The van der Waals surface area contributed by atoms with Gasteiger partial charge < -0.3 is 10.0 Å². The molecular weight excluding hydrogens is 272 g/mol. The molecule has 1 unspecified atom stereocenters. The Kier molecular flexibility index (Phi) is 4.76. The molecule has 1 aromatic rings. The lowest BCUT2D eigenvalue weighted by Gasteiger charge is -2.24. The summed E-state index contributed by atoms with van der Waals surface area (Å²) in [5.41, 5.74) is 0.285. The second-order valence-electron chi connectivity index (χ2n) is 4.35. The van der Waals surface area contributed by atoms with Gasteiger partial charge in [-0.3, -0.25) is 4.79 Å². The van der Waals surface area contributed by atoms with Crippen LogP contribution in [0.2, 0.25) is 0 Å². The summed E-state index contributed by atoms with van der Waals surface area (Å²) in [6.07, 6.45) is 1.59. The second kappa shape index (κ2) is 6.34. The Morgan fingerprint density at radius 2 is 2.21 bits per heavy atom. The number of thioether (sulfide) groups is 1. The van der Waals surface area contributed by atoms with Gasteiger partial charge in [0.2, 0.25) is 0 Å². The highest BCUT2D eigenvalue weighted by Crippen LogP contribution is 2.30. The molecule has 0 saturated carbocycles. The lowest BCUT2D eigenvalue weighted by Crippen LogP contribution is -2.37. The van der Waals surface area contributed by atoms with E-state index in [9.17, 15) is 18.7 Å². The first-order chi connectivity index (χ1) is 9.13. The molecule has 0 bridgehead atoms. The summed E-state index contributed by atoms with van der Waals surface area (Å²) in [5.74, 6) is -2.83. The van der Waals surface area contributed by atoms with E-state index in [4.69, 9.17) is 0 Å². The molecule has 1 aliphatic heterocycles. The summed E-state index contributed by atoms with van der Waals surface area (Å²) in [6, 6.07) is 6.17. The van der Waals surface area contributed by atoms with Crippen LogP contribution >= 0.6 is 11.8 Å². The number of alkyl halides is 2. The van der Waals surface area contributed by atoms with Crippen LogP contribution in [0.4, 0.5) is 8.78 Å². The van der Waals surface area contributed by atoms with Crippen molar-refractivity contribution in [1.29, 1.82) is 0 Å². The van der Waals surface area contributed by atoms with Gasteiger partial charge in [-0.2, -0.15) is 8.78 Å². The largest absolute Gasteiger partial charge is 0.394 e. The molecule has 1 aromatic carbocycles. The number of benzene rings is 1. The summed E-state index contributed by atoms with van der Waals surface area (Å²) < 4.78 is 25.0. The number of aliphatic hydroxyl groups excluding tert-OH is 1. The third kappa shape index (κ3) is 3.25. The zero-order valence-electron chi connectivity index (χ0n) is 10.3. The fourth-order valence-electron chi connectivity index (χ4n) is 2.29. The molecule has 104 valence electrons. The number of hydrogen-bond acceptors (Lipinski definition) is 3. The normalized spacial score (nSPS) is 19.2. The molecule has 0 aliphatic carbocycles. The van der Waals surface area contributed by atoms with Crippen molar-refractivity contribution < 1.29 is 18.7 Å². The number of hydrogen-bond donors (Lipinski definition) is 1. The summed E-state index contributed by atoms with van der Waals surface area (Å²) in [6.45, 7) is 0.480. The molecule has 1 amide bonds. The lowest BCUT2D eigenvalue weighted by atomic mass is 10.1. The van der Waals surface area contributed by atoms with Gasteiger partial charge in [0.25, 0.3) is 11.7 Å². The number of rotatable bonds is 4. The van der Waals surface area contributed by atoms with E-state index in [-0.39, 0.29) is 29.0 Å². The fourth-order valence-corrected chi connectivity index (χ4v) is 2.92. The number of amides is 1. The quantitative estimate of drug-likeness (QED) is 0.865. The van der Waals surface area contributed by atoms with Crippen molar-refractivity contribution in [2.24, 2.45) is 0 Å². The Morgan fingerprint density at radius 1 is 1.47 bits per heavy atom. The summed E-state index contributed by atoms with van der Waals surface area (Å²) in [7, 11) is 0. The number of carbonyl (C=O) groups excluding carboxylic acids is 1. The minimum absolute atomic E-state index is 0.0874.